The summed E-state index contributed by atoms with van der Waals surface area (Å²) in [5, 5.41) is 20.0. The number of carbonyl (C=O) groups is 1. The number of hydrogen-bond donors (Lipinski definition) is 4. The molecular formula is C27H37N3O5. The molecule has 8 heteroatoms. The highest BCUT2D eigenvalue weighted by Crippen LogP contribution is 2.49. The molecule has 2 saturated heterocycles. The van der Waals surface area contributed by atoms with Crippen molar-refractivity contribution in [2.24, 2.45) is 5.92 Å². The lowest BCUT2D eigenvalue weighted by molar-refractivity contribution is -0.130. The van der Waals surface area contributed by atoms with Crippen molar-refractivity contribution in [1.29, 1.82) is 0 Å². The molecule has 35 heavy (non-hydrogen) atoms. The zero-order chi connectivity index (χ0) is 24.8. The molecule has 1 amide bonds. The Bertz CT molecular complexity index is 1000. The molecule has 0 aliphatic carbocycles. The number of aliphatic hydroxyl groups excluding tert-OH is 1. The monoisotopic (exact) mass is 483 g/mol. The number of hydrazine groups is 1. The van der Waals surface area contributed by atoms with Crippen LogP contribution in [0.25, 0.3) is 0 Å². The second-order valence-electron chi connectivity index (χ2n) is 9.25. The SMILES string of the molecule is CCCCCCOc1ccc(C2C3C(NNC3c3ccccc3O)C(=O)N2CCCO)cc1OC. The van der Waals surface area contributed by atoms with Crippen LogP contribution in [-0.4, -0.2) is 53.9 Å². The van der Waals surface area contributed by atoms with E-state index in [2.05, 4.69) is 17.8 Å². The van der Waals surface area contributed by atoms with E-state index in [4.69, 9.17) is 9.47 Å². The lowest BCUT2D eigenvalue weighted by Crippen LogP contribution is -2.41. The molecule has 2 aliphatic heterocycles. The van der Waals surface area contributed by atoms with Crippen molar-refractivity contribution in [1.82, 2.24) is 15.8 Å². The van der Waals surface area contributed by atoms with Gasteiger partial charge in [0, 0.05) is 24.6 Å². The summed E-state index contributed by atoms with van der Waals surface area (Å²) in [4.78, 5) is 15.3. The van der Waals surface area contributed by atoms with Crippen molar-refractivity contribution >= 4 is 5.91 Å². The van der Waals surface area contributed by atoms with Gasteiger partial charge in [0.1, 0.15) is 11.8 Å². The summed E-state index contributed by atoms with van der Waals surface area (Å²) >= 11 is 0. The number of hydrogen-bond acceptors (Lipinski definition) is 7. The molecule has 4 unspecified atom stereocenters. The van der Waals surface area contributed by atoms with Crippen molar-refractivity contribution in [3.63, 3.8) is 0 Å². The van der Waals surface area contributed by atoms with E-state index in [-0.39, 0.29) is 36.3 Å². The Morgan fingerprint density at radius 2 is 1.80 bits per heavy atom. The number of amides is 1. The van der Waals surface area contributed by atoms with Crippen LogP contribution < -0.4 is 20.3 Å². The standard InChI is InChI=1S/C27H37N3O5/c1-3-4-5-8-16-35-21-13-12-18(17-22(21)34-2)26-23-24(19-10-6-7-11-20(19)32)28-29-25(23)27(33)30(26)14-9-15-31/h6-7,10-13,17,23-26,28-29,31-32H,3-5,8-9,14-16H2,1-2H3. The van der Waals surface area contributed by atoms with Gasteiger partial charge in [-0.05, 0) is 36.6 Å². The Labute approximate surface area is 207 Å². The van der Waals surface area contributed by atoms with E-state index in [0.717, 1.165) is 24.0 Å². The van der Waals surface area contributed by atoms with Crippen LogP contribution in [0.1, 0.15) is 62.2 Å². The number of aliphatic hydroxyl groups is 1. The van der Waals surface area contributed by atoms with Crippen LogP contribution in [0.5, 0.6) is 17.2 Å². The van der Waals surface area contributed by atoms with Gasteiger partial charge in [-0.25, -0.2) is 10.9 Å². The van der Waals surface area contributed by atoms with Crippen LogP contribution >= 0.6 is 0 Å². The number of phenols is 1. The fourth-order valence-electron chi connectivity index (χ4n) is 5.31. The molecular weight excluding hydrogens is 446 g/mol. The molecule has 0 bridgehead atoms. The molecule has 8 nitrogen and oxygen atoms in total. The third-order valence-corrected chi connectivity index (χ3v) is 7.03. The second kappa shape index (κ2) is 11.7. The number of ether oxygens (including phenoxy) is 2. The Morgan fingerprint density at radius 3 is 2.54 bits per heavy atom. The van der Waals surface area contributed by atoms with E-state index in [0.29, 0.717) is 31.1 Å². The molecule has 190 valence electrons. The van der Waals surface area contributed by atoms with E-state index in [9.17, 15) is 15.0 Å². The van der Waals surface area contributed by atoms with Gasteiger partial charge in [0.05, 0.1) is 25.8 Å². The molecule has 0 spiro atoms. The first kappa shape index (κ1) is 25.3. The van der Waals surface area contributed by atoms with Crippen molar-refractivity contribution in [3.8, 4) is 17.2 Å². The molecule has 2 aromatic rings. The average molecular weight is 484 g/mol. The predicted molar refractivity (Wildman–Crippen MR) is 133 cm³/mol. The third-order valence-electron chi connectivity index (χ3n) is 7.03. The van der Waals surface area contributed by atoms with E-state index in [1.807, 2.05) is 35.2 Å². The maximum atomic E-state index is 13.4. The van der Waals surface area contributed by atoms with E-state index in [1.165, 1.54) is 12.8 Å². The lowest BCUT2D eigenvalue weighted by atomic mass is 9.83. The van der Waals surface area contributed by atoms with E-state index in [1.54, 1.807) is 19.2 Å². The molecule has 2 heterocycles. The van der Waals surface area contributed by atoms with Crippen LogP contribution in [0.2, 0.25) is 0 Å². The van der Waals surface area contributed by atoms with E-state index >= 15 is 0 Å². The van der Waals surface area contributed by atoms with Gasteiger partial charge in [0.25, 0.3) is 0 Å². The number of benzene rings is 2. The molecule has 0 saturated carbocycles. The minimum absolute atomic E-state index is 0.00848. The van der Waals surface area contributed by atoms with E-state index < -0.39 is 6.04 Å². The topological polar surface area (TPSA) is 103 Å². The summed E-state index contributed by atoms with van der Waals surface area (Å²) < 4.78 is 11.7. The number of aromatic hydroxyl groups is 1. The molecule has 4 atom stereocenters. The van der Waals surface area contributed by atoms with Crippen LogP contribution in [-0.2, 0) is 4.79 Å². The molecule has 0 aromatic heterocycles. The number of unbranched alkanes of at least 4 members (excludes halogenated alkanes) is 3. The Kier molecular flexibility index (Phi) is 8.49. The summed E-state index contributed by atoms with van der Waals surface area (Å²) in [6.07, 6.45) is 5.00. The first-order chi connectivity index (χ1) is 17.1. The number of nitrogens with zero attached hydrogens (tertiary/aromatic N) is 1. The van der Waals surface area contributed by atoms with Crippen molar-refractivity contribution in [2.75, 3.05) is 26.9 Å². The molecule has 2 aliphatic rings. The lowest BCUT2D eigenvalue weighted by Gasteiger charge is -2.31. The zero-order valence-corrected chi connectivity index (χ0v) is 20.6. The number of fused-ring (bicyclic) bond motifs is 1. The number of methoxy groups -OCH3 is 1. The number of phenolic OH excluding ortho intramolecular Hbond substituents is 1. The Morgan fingerprint density at radius 1 is 1.00 bits per heavy atom. The summed E-state index contributed by atoms with van der Waals surface area (Å²) in [6, 6.07) is 12.1. The molecule has 0 radical (unpaired) electrons. The summed E-state index contributed by atoms with van der Waals surface area (Å²) in [6.45, 7) is 3.27. The molecule has 4 N–H and O–H groups in total. The van der Waals surface area contributed by atoms with Crippen molar-refractivity contribution in [2.45, 2.75) is 57.2 Å². The van der Waals surface area contributed by atoms with Gasteiger partial charge in [-0.2, -0.15) is 0 Å². The molecule has 4 rings (SSSR count). The van der Waals surface area contributed by atoms with Crippen molar-refractivity contribution in [3.05, 3.63) is 53.6 Å². The first-order valence-corrected chi connectivity index (χ1v) is 12.6. The van der Waals surface area contributed by atoms with Crippen molar-refractivity contribution < 1.29 is 24.5 Å². The number of nitrogens with one attached hydrogen (secondary N) is 2. The first-order valence-electron chi connectivity index (χ1n) is 12.6. The fraction of sp³-hybridized carbons (Fsp3) is 0.519. The minimum Gasteiger partial charge on any atom is -0.508 e. The van der Waals surface area contributed by atoms with Crippen LogP contribution in [0.4, 0.5) is 0 Å². The van der Waals surface area contributed by atoms with Gasteiger partial charge in [-0.15, -0.1) is 0 Å². The quantitative estimate of drug-likeness (QED) is 0.343. The second-order valence-corrected chi connectivity index (χ2v) is 9.25. The maximum absolute atomic E-state index is 13.4. The highest BCUT2D eigenvalue weighted by atomic mass is 16.5. The highest BCUT2D eigenvalue weighted by Gasteiger charge is 2.55. The number of rotatable bonds is 12. The Balaban J connectivity index is 1.64. The van der Waals surface area contributed by atoms with Crippen LogP contribution in [0.3, 0.4) is 0 Å². The summed E-state index contributed by atoms with van der Waals surface area (Å²) in [5.74, 6) is 1.33. The molecule has 2 fully saturated rings. The number of carbonyl (C=O) groups excluding carboxylic acids is 1. The number of para-hydroxylation sites is 1. The minimum atomic E-state index is -0.441. The normalized spacial score (nSPS) is 23.5. The van der Waals surface area contributed by atoms with Gasteiger partial charge >= 0.3 is 0 Å². The van der Waals surface area contributed by atoms with Crippen LogP contribution in [0.15, 0.2) is 42.5 Å². The fourth-order valence-corrected chi connectivity index (χ4v) is 5.31. The van der Waals surface area contributed by atoms with Gasteiger partial charge in [-0.1, -0.05) is 50.5 Å². The van der Waals surface area contributed by atoms with Gasteiger partial charge in [-0.3, -0.25) is 4.79 Å². The molecule has 2 aromatic carbocycles. The highest BCUT2D eigenvalue weighted by molar-refractivity contribution is 5.86. The van der Waals surface area contributed by atoms with Gasteiger partial charge in [0.15, 0.2) is 11.5 Å². The predicted octanol–water partition coefficient (Wildman–Crippen LogP) is 3.46. The summed E-state index contributed by atoms with van der Waals surface area (Å²) in [7, 11) is 1.62. The smallest absolute Gasteiger partial charge is 0.242 e. The van der Waals surface area contributed by atoms with Crippen LogP contribution in [0, 0.1) is 5.92 Å². The Hall–Kier alpha value is -2.81. The average Bonchev–Trinajstić information content (AvgIpc) is 3.41. The number of likely N-dealkylation sites (tertiary alicyclic amines) is 1. The van der Waals surface area contributed by atoms with Gasteiger partial charge in [0.2, 0.25) is 5.91 Å². The third kappa shape index (κ3) is 5.24. The largest absolute Gasteiger partial charge is 0.508 e. The summed E-state index contributed by atoms with van der Waals surface area (Å²) in [5.41, 5.74) is 8.09. The zero-order valence-electron chi connectivity index (χ0n) is 20.6. The van der Waals surface area contributed by atoms with Gasteiger partial charge < -0.3 is 24.6 Å². The maximum Gasteiger partial charge on any atom is 0.242 e.